The third-order valence-corrected chi connectivity index (χ3v) is 3.15. The van der Waals surface area contributed by atoms with Gasteiger partial charge in [0.15, 0.2) is 0 Å². The van der Waals surface area contributed by atoms with Crippen LogP contribution in [0.3, 0.4) is 0 Å². The first-order valence-corrected chi connectivity index (χ1v) is 5.66. The van der Waals surface area contributed by atoms with Gasteiger partial charge in [-0.3, -0.25) is 0 Å². The number of benzene rings is 1. The van der Waals surface area contributed by atoms with Crippen molar-refractivity contribution in [1.29, 1.82) is 0 Å². The molecule has 1 heterocycles. The van der Waals surface area contributed by atoms with Crippen molar-refractivity contribution in [2.75, 3.05) is 18.0 Å². The molecule has 1 atom stereocenters. The summed E-state index contributed by atoms with van der Waals surface area (Å²) in [6.07, 6.45) is -2.35. The molecule has 94 valence electrons. The first-order chi connectivity index (χ1) is 8.02. The van der Waals surface area contributed by atoms with E-state index in [1.807, 2.05) is 4.90 Å². The zero-order valence-corrected chi connectivity index (χ0v) is 9.37. The number of anilines is 1. The van der Waals surface area contributed by atoms with Crippen molar-refractivity contribution in [1.82, 2.24) is 0 Å². The molecule has 0 saturated carbocycles. The lowest BCUT2D eigenvalue weighted by Gasteiger charge is -2.26. The second-order valence-corrected chi connectivity index (χ2v) is 4.27. The normalized spacial score (nSPS) is 20.9. The molecule has 2 rings (SSSR count). The van der Waals surface area contributed by atoms with Crippen LogP contribution < -0.4 is 10.6 Å². The van der Waals surface area contributed by atoms with Crippen molar-refractivity contribution in [2.24, 2.45) is 5.73 Å². The Balaban J connectivity index is 2.27. The van der Waals surface area contributed by atoms with Crippen LogP contribution >= 0.6 is 0 Å². The fourth-order valence-corrected chi connectivity index (χ4v) is 2.28. The average Bonchev–Trinajstić information content (AvgIpc) is 2.76. The minimum absolute atomic E-state index is 0.165. The molecule has 2 nitrogen and oxygen atoms in total. The van der Waals surface area contributed by atoms with E-state index in [0.29, 0.717) is 12.2 Å². The first kappa shape index (κ1) is 12.2. The molecule has 5 heteroatoms. The minimum atomic E-state index is -4.28. The lowest BCUT2D eigenvalue weighted by Crippen LogP contribution is -2.35. The maximum atomic E-state index is 12.6. The lowest BCUT2D eigenvalue weighted by atomic mass is 10.1. The fraction of sp³-hybridized carbons (Fsp3) is 0.500. The van der Waals surface area contributed by atoms with Crippen molar-refractivity contribution in [3.8, 4) is 0 Å². The Morgan fingerprint density at radius 1 is 1.35 bits per heavy atom. The molecule has 0 radical (unpaired) electrons. The van der Waals surface area contributed by atoms with Crippen LogP contribution in [0.25, 0.3) is 0 Å². The molecule has 1 aliphatic rings. The van der Waals surface area contributed by atoms with Gasteiger partial charge in [-0.15, -0.1) is 0 Å². The van der Waals surface area contributed by atoms with Crippen LogP contribution in [0.15, 0.2) is 24.3 Å². The zero-order chi connectivity index (χ0) is 12.5. The van der Waals surface area contributed by atoms with Crippen molar-refractivity contribution < 1.29 is 13.2 Å². The molecular weight excluding hydrogens is 229 g/mol. The van der Waals surface area contributed by atoms with E-state index >= 15 is 0 Å². The van der Waals surface area contributed by atoms with Gasteiger partial charge in [0.1, 0.15) is 0 Å². The summed E-state index contributed by atoms with van der Waals surface area (Å²) in [7, 11) is 0. The number of halogens is 3. The van der Waals surface area contributed by atoms with Gasteiger partial charge in [-0.25, -0.2) is 0 Å². The monoisotopic (exact) mass is 244 g/mol. The van der Waals surface area contributed by atoms with Gasteiger partial charge in [0.25, 0.3) is 0 Å². The molecule has 0 spiro atoms. The van der Waals surface area contributed by atoms with Gasteiger partial charge in [-0.1, -0.05) is 6.07 Å². The molecule has 1 fully saturated rings. The van der Waals surface area contributed by atoms with E-state index in [1.54, 1.807) is 6.07 Å². The fourth-order valence-electron chi connectivity index (χ4n) is 2.28. The van der Waals surface area contributed by atoms with Crippen molar-refractivity contribution in [2.45, 2.75) is 25.1 Å². The zero-order valence-electron chi connectivity index (χ0n) is 9.37. The van der Waals surface area contributed by atoms with Crippen LogP contribution in [0.2, 0.25) is 0 Å². The summed E-state index contributed by atoms with van der Waals surface area (Å²) in [5, 5.41) is 0. The van der Waals surface area contributed by atoms with Crippen LogP contribution in [0.1, 0.15) is 18.4 Å². The summed E-state index contributed by atoms with van der Waals surface area (Å²) >= 11 is 0. The Morgan fingerprint density at radius 3 is 2.76 bits per heavy atom. The Kier molecular flexibility index (Phi) is 3.28. The predicted octanol–water partition coefficient (Wildman–Crippen LogP) is 2.63. The number of hydrogen-bond donors (Lipinski definition) is 1. The summed E-state index contributed by atoms with van der Waals surface area (Å²) in [5.41, 5.74) is 5.64. The van der Waals surface area contributed by atoms with Gasteiger partial charge >= 0.3 is 6.18 Å². The molecular formula is C12H15F3N2. The van der Waals surface area contributed by atoms with E-state index in [2.05, 4.69) is 0 Å². The van der Waals surface area contributed by atoms with Crippen molar-refractivity contribution in [3.63, 3.8) is 0 Å². The van der Waals surface area contributed by atoms with Gasteiger partial charge in [0, 0.05) is 24.8 Å². The molecule has 1 unspecified atom stereocenters. The second kappa shape index (κ2) is 4.56. The molecule has 17 heavy (non-hydrogen) atoms. The summed E-state index contributed by atoms with van der Waals surface area (Å²) in [6.45, 7) is 1.26. The van der Waals surface area contributed by atoms with E-state index in [1.165, 1.54) is 12.1 Å². The molecule has 0 aromatic heterocycles. The topological polar surface area (TPSA) is 29.3 Å². The third-order valence-electron chi connectivity index (χ3n) is 3.15. The highest BCUT2D eigenvalue weighted by Crippen LogP contribution is 2.33. The smallest absolute Gasteiger partial charge is 0.367 e. The van der Waals surface area contributed by atoms with Crippen LogP contribution in [0.4, 0.5) is 18.9 Å². The second-order valence-electron chi connectivity index (χ2n) is 4.27. The average molecular weight is 244 g/mol. The van der Waals surface area contributed by atoms with E-state index in [9.17, 15) is 13.2 Å². The summed E-state index contributed by atoms with van der Waals surface area (Å²) in [4.78, 5) is 1.97. The maximum Gasteiger partial charge on any atom is 0.416 e. The minimum Gasteiger partial charge on any atom is -0.367 e. The molecule has 0 bridgehead atoms. The van der Waals surface area contributed by atoms with E-state index in [4.69, 9.17) is 5.73 Å². The molecule has 1 aromatic carbocycles. The highest BCUT2D eigenvalue weighted by molar-refractivity contribution is 5.51. The van der Waals surface area contributed by atoms with E-state index < -0.39 is 11.7 Å². The molecule has 0 aliphatic carbocycles. The Labute approximate surface area is 98.2 Å². The standard InChI is InChI=1S/C12H15F3N2/c13-12(14,15)9-3-1-4-10(7-9)17-6-2-5-11(17)8-16/h1,3-4,7,11H,2,5-6,8,16H2. The highest BCUT2D eigenvalue weighted by Gasteiger charge is 2.32. The van der Waals surface area contributed by atoms with Gasteiger partial charge in [-0.05, 0) is 31.0 Å². The molecule has 2 N–H and O–H groups in total. The van der Waals surface area contributed by atoms with E-state index in [0.717, 1.165) is 25.5 Å². The van der Waals surface area contributed by atoms with Crippen LogP contribution in [0, 0.1) is 0 Å². The first-order valence-electron chi connectivity index (χ1n) is 5.66. The van der Waals surface area contributed by atoms with Gasteiger partial charge < -0.3 is 10.6 Å². The van der Waals surface area contributed by atoms with Crippen LogP contribution in [-0.2, 0) is 6.18 Å². The summed E-state index contributed by atoms with van der Waals surface area (Å²) < 4.78 is 37.8. The SMILES string of the molecule is NCC1CCCN1c1cccc(C(F)(F)F)c1. The largest absolute Gasteiger partial charge is 0.416 e. The van der Waals surface area contributed by atoms with E-state index in [-0.39, 0.29) is 6.04 Å². The highest BCUT2D eigenvalue weighted by atomic mass is 19.4. The van der Waals surface area contributed by atoms with Crippen LogP contribution in [0.5, 0.6) is 0 Å². The number of nitrogens with two attached hydrogens (primary N) is 1. The Morgan fingerprint density at radius 2 is 2.12 bits per heavy atom. The molecule has 1 aliphatic heterocycles. The number of hydrogen-bond acceptors (Lipinski definition) is 2. The van der Waals surface area contributed by atoms with Gasteiger partial charge in [0.2, 0.25) is 0 Å². The van der Waals surface area contributed by atoms with Crippen molar-refractivity contribution >= 4 is 5.69 Å². The maximum absolute atomic E-state index is 12.6. The summed E-state index contributed by atoms with van der Waals surface area (Å²) in [6, 6.07) is 5.62. The predicted molar refractivity (Wildman–Crippen MR) is 60.9 cm³/mol. The third kappa shape index (κ3) is 2.54. The van der Waals surface area contributed by atoms with Gasteiger partial charge in [-0.2, -0.15) is 13.2 Å². The lowest BCUT2D eigenvalue weighted by molar-refractivity contribution is -0.137. The number of nitrogens with zero attached hydrogens (tertiary/aromatic N) is 1. The Hall–Kier alpha value is -1.23. The van der Waals surface area contributed by atoms with Gasteiger partial charge in [0.05, 0.1) is 5.56 Å². The van der Waals surface area contributed by atoms with Crippen LogP contribution in [-0.4, -0.2) is 19.1 Å². The Bertz CT molecular complexity index is 390. The number of rotatable bonds is 2. The molecule has 1 saturated heterocycles. The van der Waals surface area contributed by atoms with Crippen molar-refractivity contribution in [3.05, 3.63) is 29.8 Å². The molecule has 1 aromatic rings. The molecule has 0 amide bonds. The summed E-state index contributed by atoms with van der Waals surface area (Å²) in [5.74, 6) is 0. The quantitative estimate of drug-likeness (QED) is 0.866. The number of alkyl halides is 3.